The highest BCUT2D eigenvalue weighted by Crippen LogP contribution is 2.27. The highest BCUT2D eigenvalue weighted by molar-refractivity contribution is 7.98. The Kier molecular flexibility index (Phi) is 4.40. The molecule has 0 unspecified atom stereocenters. The number of carbonyl (C=O) groups is 1. The van der Waals surface area contributed by atoms with Crippen molar-refractivity contribution in [3.8, 4) is 11.1 Å². The predicted molar refractivity (Wildman–Crippen MR) is 93.5 cm³/mol. The molecule has 0 fully saturated rings. The summed E-state index contributed by atoms with van der Waals surface area (Å²) in [6.07, 6.45) is 2.06. The monoisotopic (exact) mass is 304 g/mol. The van der Waals surface area contributed by atoms with E-state index in [0.29, 0.717) is 0 Å². The standard InChI is InChI=1S/C20H16OS/c1-22-17-13-11-15(12-14-17)18-9-5-6-10-19(18)20(21)16-7-3-2-4-8-16/h2-14H,1H3. The average Bonchev–Trinajstić information content (AvgIpc) is 2.62. The highest BCUT2D eigenvalue weighted by atomic mass is 32.2. The maximum atomic E-state index is 12.8. The SMILES string of the molecule is CSc1ccc(-c2ccccc2C(=O)c2ccccc2)cc1. The van der Waals surface area contributed by atoms with Crippen molar-refractivity contribution in [3.05, 3.63) is 90.0 Å². The van der Waals surface area contributed by atoms with E-state index in [9.17, 15) is 4.79 Å². The van der Waals surface area contributed by atoms with Crippen molar-refractivity contribution in [2.45, 2.75) is 4.90 Å². The van der Waals surface area contributed by atoms with Crippen LogP contribution in [-0.4, -0.2) is 12.0 Å². The van der Waals surface area contributed by atoms with Crippen molar-refractivity contribution < 1.29 is 4.79 Å². The van der Waals surface area contributed by atoms with Crippen LogP contribution in [0.5, 0.6) is 0 Å². The number of ketones is 1. The molecule has 22 heavy (non-hydrogen) atoms. The number of benzene rings is 3. The quantitative estimate of drug-likeness (QED) is 0.480. The largest absolute Gasteiger partial charge is 0.289 e. The summed E-state index contributed by atoms with van der Waals surface area (Å²) < 4.78 is 0. The van der Waals surface area contributed by atoms with E-state index in [-0.39, 0.29) is 5.78 Å². The Morgan fingerprint density at radius 1 is 0.773 bits per heavy atom. The lowest BCUT2D eigenvalue weighted by Crippen LogP contribution is -2.03. The molecule has 1 nitrogen and oxygen atoms in total. The molecule has 0 aliphatic rings. The van der Waals surface area contributed by atoms with Crippen LogP contribution in [0.3, 0.4) is 0 Å². The molecule has 0 aromatic heterocycles. The molecule has 0 amide bonds. The Morgan fingerprint density at radius 3 is 2.09 bits per heavy atom. The molecule has 0 saturated heterocycles. The van der Waals surface area contributed by atoms with E-state index in [2.05, 4.69) is 30.5 Å². The van der Waals surface area contributed by atoms with Gasteiger partial charge >= 0.3 is 0 Å². The van der Waals surface area contributed by atoms with Gasteiger partial charge < -0.3 is 0 Å². The lowest BCUT2D eigenvalue weighted by atomic mass is 9.94. The van der Waals surface area contributed by atoms with Crippen molar-refractivity contribution in [1.29, 1.82) is 0 Å². The van der Waals surface area contributed by atoms with Crippen molar-refractivity contribution in [1.82, 2.24) is 0 Å². The van der Waals surface area contributed by atoms with Gasteiger partial charge in [-0.3, -0.25) is 4.79 Å². The van der Waals surface area contributed by atoms with E-state index in [1.54, 1.807) is 11.8 Å². The van der Waals surface area contributed by atoms with Crippen molar-refractivity contribution in [2.24, 2.45) is 0 Å². The van der Waals surface area contributed by atoms with Crippen LogP contribution in [-0.2, 0) is 0 Å². The zero-order chi connectivity index (χ0) is 15.4. The van der Waals surface area contributed by atoms with E-state index in [0.717, 1.165) is 22.3 Å². The smallest absolute Gasteiger partial charge is 0.193 e. The van der Waals surface area contributed by atoms with Gasteiger partial charge in [-0.1, -0.05) is 66.7 Å². The molecular weight excluding hydrogens is 288 g/mol. The van der Waals surface area contributed by atoms with E-state index >= 15 is 0 Å². The topological polar surface area (TPSA) is 17.1 Å². The van der Waals surface area contributed by atoms with E-state index in [1.165, 1.54) is 4.90 Å². The van der Waals surface area contributed by atoms with E-state index in [4.69, 9.17) is 0 Å². The number of hydrogen-bond acceptors (Lipinski definition) is 2. The first-order valence-electron chi connectivity index (χ1n) is 7.13. The Morgan fingerprint density at radius 2 is 1.41 bits per heavy atom. The lowest BCUT2D eigenvalue weighted by Gasteiger charge is -2.09. The second-order valence-corrected chi connectivity index (χ2v) is 5.85. The first-order chi connectivity index (χ1) is 10.8. The predicted octanol–water partition coefficient (Wildman–Crippen LogP) is 5.31. The Bertz CT molecular complexity index is 776. The summed E-state index contributed by atoms with van der Waals surface area (Å²) in [7, 11) is 0. The summed E-state index contributed by atoms with van der Waals surface area (Å²) in [4.78, 5) is 14.0. The van der Waals surface area contributed by atoms with Gasteiger partial charge in [0.05, 0.1) is 0 Å². The molecule has 0 spiro atoms. The number of carbonyl (C=O) groups excluding carboxylic acids is 1. The molecule has 0 heterocycles. The zero-order valence-electron chi connectivity index (χ0n) is 12.3. The second kappa shape index (κ2) is 6.63. The fourth-order valence-electron chi connectivity index (χ4n) is 2.45. The average molecular weight is 304 g/mol. The van der Waals surface area contributed by atoms with Crippen LogP contribution in [0.1, 0.15) is 15.9 Å². The first kappa shape index (κ1) is 14.6. The molecule has 0 saturated carbocycles. The minimum atomic E-state index is 0.0603. The van der Waals surface area contributed by atoms with Gasteiger partial charge in [0, 0.05) is 16.0 Å². The minimum Gasteiger partial charge on any atom is -0.289 e. The molecule has 108 valence electrons. The van der Waals surface area contributed by atoms with Gasteiger partial charge in [-0.2, -0.15) is 0 Å². The zero-order valence-corrected chi connectivity index (χ0v) is 13.1. The normalized spacial score (nSPS) is 10.4. The summed E-state index contributed by atoms with van der Waals surface area (Å²) in [6.45, 7) is 0. The second-order valence-electron chi connectivity index (χ2n) is 4.97. The third-order valence-electron chi connectivity index (χ3n) is 3.61. The molecule has 2 heteroatoms. The molecule has 0 N–H and O–H groups in total. The molecule has 0 bridgehead atoms. The third kappa shape index (κ3) is 2.97. The molecule has 0 atom stereocenters. The lowest BCUT2D eigenvalue weighted by molar-refractivity contribution is 0.103. The summed E-state index contributed by atoms with van der Waals surface area (Å²) in [5.41, 5.74) is 3.50. The highest BCUT2D eigenvalue weighted by Gasteiger charge is 2.13. The van der Waals surface area contributed by atoms with Crippen molar-refractivity contribution in [2.75, 3.05) is 6.26 Å². The summed E-state index contributed by atoms with van der Waals surface area (Å²) in [6, 6.07) is 25.5. The summed E-state index contributed by atoms with van der Waals surface area (Å²) >= 11 is 1.71. The van der Waals surface area contributed by atoms with Crippen molar-refractivity contribution in [3.63, 3.8) is 0 Å². The van der Waals surface area contributed by atoms with Crippen LogP contribution < -0.4 is 0 Å². The summed E-state index contributed by atoms with van der Waals surface area (Å²) in [5.74, 6) is 0.0603. The molecule has 0 aliphatic carbocycles. The Balaban J connectivity index is 2.04. The maximum absolute atomic E-state index is 12.8. The Hall–Kier alpha value is -2.32. The van der Waals surface area contributed by atoms with E-state index in [1.807, 2.05) is 54.6 Å². The number of rotatable bonds is 4. The number of hydrogen-bond donors (Lipinski definition) is 0. The van der Waals surface area contributed by atoms with Gasteiger partial charge in [-0.15, -0.1) is 11.8 Å². The van der Waals surface area contributed by atoms with Gasteiger partial charge in [0.2, 0.25) is 0 Å². The summed E-state index contributed by atoms with van der Waals surface area (Å²) in [5, 5.41) is 0. The van der Waals surface area contributed by atoms with Gasteiger partial charge in [-0.25, -0.2) is 0 Å². The fourth-order valence-corrected chi connectivity index (χ4v) is 2.86. The van der Waals surface area contributed by atoms with Gasteiger partial charge in [0.15, 0.2) is 5.78 Å². The Labute approximate surface area is 135 Å². The van der Waals surface area contributed by atoms with Crippen LogP contribution >= 0.6 is 11.8 Å². The minimum absolute atomic E-state index is 0.0603. The maximum Gasteiger partial charge on any atom is 0.193 e. The molecule has 0 radical (unpaired) electrons. The number of thioether (sulfide) groups is 1. The molecule has 0 aliphatic heterocycles. The molecular formula is C20H16OS. The van der Waals surface area contributed by atoms with E-state index < -0.39 is 0 Å². The molecule has 3 aromatic carbocycles. The third-order valence-corrected chi connectivity index (χ3v) is 4.35. The molecule has 3 rings (SSSR count). The van der Waals surface area contributed by atoms with Crippen LogP contribution in [0.15, 0.2) is 83.8 Å². The van der Waals surface area contributed by atoms with Crippen LogP contribution in [0.25, 0.3) is 11.1 Å². The van der Waals surface area contributed by atoms with Gasteiger partial charge in [-0.05, 0) is 29.5 Å². The van der Waals surface area contributed by atoms with Crippen LogP contribution in [0, 0.1) is 0 Å². The van der Waals surface area contributed by atoms with Crippen molar-refractivity contribution >= 4 is 17.5 Å². The van der Waals surface area contributed by atoms with Gasteiger partial charge in [0.1, 0.15) is 0 Å². The van der Waals surface area contributed by atoms with Gasteiger partial charge in [0.25, 0.3) is 0 Å². The fraction of sp³-hybridized carbons (Fsp3) is 0.0500. The van der Waals surface area contributed by atoms with Crippen LogP contribution in [0.2, 0.25) is 0 Å². The van der Waals surface area contributed by atoms with Crippen LogP contribution in [0.4, 0.5) is 0 Å². The first-order valence-corrected chi connectivity index (χ1v) is 8.35. The molecule has 3 aromatic rings.